The Bertz CT molecular complexity index is 279. The average molecular weight is 193 g/mol. The van der Waals surface area contributed by atoms with Gasteiger partial charge in [-0.15, -0.1) is 0 Å². The van der Waals surface area contributed by atoms with Crippen LogP contribution in [0.1, 0.15) is 25.0 Å². The smallest absolute Gasteiger partial charge is 0.115 e. The van der Waals surface area contributed by atoms with Crippen LogP contribution in [0.15, 0.2) is 18.6 Å². The Kier molecular flexibility index (Phi) is 2.74. The molecule has 4 heteroatoms. The molecule has 0 aliphatic heterocycles. The molecule has 0 bridgehead atoms. The molecule has 1 aliphatic rings. The Morgan fingerprint density at radius 2 is 2.36 bits per heavy atom. The Hall–Kier alpha value is -1.00. The molecular formula is C10H15N3O. The quantitative estimate of drug-likeness (QED) is 0.730. The molecule has 1 aliphatic carbocycles. The molecule has 1 aromatic heterocycles. The Labute approximate surface area is 83.4 Å². The first-order chi connectivity index (χ1) is 6.85. The third kappa shape index (κ3) is 1.91. The second-order valence-corrected chi connectivity index (χ2v) is 3.85. The zero-order valence-corrected chi connectivity index (χ0v) is 8.11. The summed E-state index contributed by atoms with van der Waals surface area (Å²) in [6.07, 6.45) is 6.61. The van der Waals surface area contributed by atoms with Crippen molar-refractivity contribution >= 4 is 0 Å². The van der Waals surface area contributed by atoms with Crippen LogP contribution >= 0.6 is 0 Å². The van der Waals surface area contributed by atoms with E-state index in [-0.39, 0.29) is 12.1 Å². The monoisotopic (exact) mass is 193 g/mol. The van der Waals surface area contributed by atoms with Gasteiger partial charge in [0.2, 0.25) is 0 Å². The normalized spacial score (nSPS) is 18.9. The van der Waals surface area contributed by atoms with Gasteiger partial charge >= 0.3 is 0 Å². The molecular weight excluding hydrogens is 178 g/mol. The first-order valence-corrected chi connectivity index (χ1v) is 4.95. The number of aromatic nitrogens is 2. The van der Waals surface area contributed by atoms with E-state index in [4.69, 9.17) is 0 Å². The first kappa shape index (κ1) is 9.55. The summed E-state index contributed by atoms with van der Waals surface area (Å²) in [6, 6.07) is 1.89. The van der Waals surface area contributed by atoms with Crippen LogP contribution < -0.4 is 5.32 Å². The van der Waals surface area contributed by atoms with Crippen LogP contribution in [0.4, 0.5) is 0 Å². The molecule has 1 saturated carbocycles. The molecule has 4 nitrogen and oxygen atoms in total. The zero-order chi connectivity index (χ0) is 9.86. The van der Waals surface area contributed by atoms with Gasteiger partial charge in [0.05, 0.1) is 12.3 Å². The molecule has 1 heterocycles. The van der Waals surface area contributed by atoms with Crippen LogP contribution in [-0.2, 0) is 6.54 Å². The Balaban J connectivity index is 1.88. The number of nitrogens with one attached hydrogen (secondary N) is 1. The predicted octanol–water partition coefficient (Wildman–Crippen LogP) is 0.481. The topological polar surface area (TPSA) is 58.0 Å². The molecule has 1 fully saturated rings. The molecule has 0 radical (unpaired) electrons. The lowest BCUT2D eigenvalue weighted by molar-refractivity contribution is 0.0868. The van der Waals surface area contributed by atoms with Gasteiger partial charge in [-0.2, -0.15) is 0 Å². The fourth-order valence-electron chi connectivity index (χ4n) is 1.70. The standard InChI is InChI=1S/C10H15N3O/c14-7-10(3-1-4-10)13-6-9-2-5-11-8-12-9/h2,5,8,13-14H,1,3-4,6-7H2. The van der Waals surface area contributed by atoms with Crippen molar-refractivity contribution in [2.75, 3.05) is 6.61 Å². The number of hydrogen-bond acceptors (Lipinski definition) is 4. The fraction of sp³-hybridized carbons (Fsp3) is 0.600. The highest BCUT2D eigenvalue weighted by Gasteiger charge is 2.35. The molecule has 0 unspecified atom stereocenters. The number of nitrogens with zero attached hydrogens (tertiary/aromatic N) is 2. The third-order valence-corrected chi connectivity index (χ3v) is 2.90. The average Bonchev–Trinajstić information content (AvgIpc) is 2.19. The van der Waals surface area contributed by atoms with Crippen molar-refractivity contribution in [1.82, 2.24) is 15.3 Å². The van der Waals surface area contributed by atoms with Crippen LogP contribution in [0.2, 0.25) is 0 Å². The fourth-order valence-corrected chi connectivity index (χ4v) is 1.70. The minimum absolute atomic E-state index is 0.0368. The van der Waals surface area contributed by atoms with Gasteiger partial charge in [-0.1, -0.05) is 0 Å². The van der Waals surface area contributed by atoms with Gasteiger partial charge in [-0.3, -0.25) is 0 Å². The minimum atomic E-state index is -0.0368. The van der Waals surface area contributed by atoms with Crippen molar-refractivity contribution in [3.05, 3.63) is 24.3 Å². The largest absolute Gasteiger partial charge is 0.394 e. The van der Waals surface area contributed by atoms with E-state index in [0.29, 0.717) is 6.54 Å². The SMILES string of the molecule is OCC1(NCc2ccncn2)CCC1. The maximum Gasteiger partial charge on any atom is 0.115 e. The minimum Gasteiger partial charge on any atom is -0.394 e. The van der Waals surface area contributed by atoms with Gasteiger partial charge in [0.25, 0.3) is 0 Å². The lowest BCUT2D eigenvalue weighted by Crippen LogP contribution is -2.53. The number of rotatable bonds is 4. The highest BCUT2D eigenvalue weighted by atomic mass is 16.3. The van der Waals surface area contributed by atoms with E-state index in [1.807, 2.05) is 6.07 Å². The van der Waals surface area contributed by atoms with E-state index in [9.17, 15) is 5.11 Å². The summed E-state index contributed by atoms with van der Waals surface area (Å²) in [4.78, 5) is 7.98. The van der Waals surface area contributed by atoms with Gasteiger partial charge in [-0.05, 0) is 25.3 Å². The highest BCUT2D eigenvalue weighted by Crippen LogP contribution is 2.31. The molecule has 76 valence electrons. The van der Waals surface area contributed by atoms with Gasteiger partial charge in [0.1, 0.15) is 6.33 Å². The summed E-state index contributed by atoms with van der Waals surface area (Å²) in [5.41, 5.74) is 0.935. The van der Waals surface area contributed by atoms with Crippen LogP contribution in [0.5, 0.6) is 0 Å². The van der Waals surface area contributed by atoms with E-state index < -0.39 is 0 Å². The van der Waals surface area contributed by atoms with Crippen molar-refractivity contribution in [3.8, 4) is 0 Å². The van der Waals surface area contributed by atoms with Gasteiger partial charge in [-0.25, -0.2) is 9.97 Å². The van der Waals surface area contributed by atoms with Crippen molar-refractivity contribution in [1.29, 1.82) is 0 Å². The van der Waals surface area contributed by atoms with Crippen LogP contribution in [-0.4, -0.2) is 27.2 Å². The second kappa shape index (κ2) is 4.02. The Morgan fingerprint density at radius 1 is 1.50 bits per heavy atom. The molecule has 2 N–H and O–H groups in total. The second-order valence-electron chi connectivity index (χ2n) is 3.85. The van der Waals surface area contributed by atoms with E-state index >= 15 is 0 Å². The summed E-state index contributed by atoms with van der Waals surface area (Å²) in [5, 5.41) is 12.6. The summed E-state index contributed by atoms with van der Waals surface area (Å²) >= 11 is 0. The molecule has 0 aromatic carbocycles. The summed E-state index contributed by atoms with van der Waals surface area (Å²) in [6.45, 7) is 0.932. The van der Waals surface area contributed by atoms with Crippen LogP contribution in [0.25, 0.3) is 0 Å². The number of aliphatic hydroxyl groups excluding tert-OH is 1. The molecule has 2 rings (SSSR count). The van der Waals surface area contributed by atoms with E-state index in [2.05, 4.69) is 15.3 Å². The van der Waals surface area contributed by atoms with Crippen molar-refractivity contribution in [3.63, 3.8) is 0 Å². The lowest BCUT2D eigenvalue weighted by Gasteiger charge is -2.41. The third-order valence-electron chi connectivity index (χ3n) is 2.90. The van der Waals surface area contributed by atoms with E-state index in [1.165, 1.54) is 6.42 Å². The maximum absolute atomic E-state index is 9.22. The molecule has 14 heavy (non-hydrogen) atoms. The van der Waals surface area contributed by atoms with Crippen molar-refractivity contribution in [2.24, 2.45) is 0 Å². The molecule has 0 amide bonds. The summed E-state index contributed by atoms with van der Waals surface area (Å²) in [5.74, 6) is 0. The Morgan fingerprint density at radius 3 is 2.86 bits per heavy atom. The van der Waals surface area contributed by atoms with Crippen molar-refractivity contribution in [2.45, 2.75) is 31.3 Å². The summed E-state index contributed by atoms with van der Waals surface area (Å²) in [7, 11) is 0. The number of hydrogen-bond donors (Lipinski definition) is 2. The van der Waals surface area contributed by atoms with Gasteiger partial charge in [0, 0.05) is 18.3 Å². The highest BCUT2D eigenvalue weighted by molar-refractivity contribution is 5.01. The molecule has 0 spiro atoms. The van der Waals surface area contributed by atoms with Crippen LogP contribution in [0.3, 0.4) is 0 Å². The van der Waals surface area contributed by atoms with Gasteiger partial charge in [0.15, 0.2) is 0 Å². The van der Waals surface area contributed by atoms with Crippen molar-refractivity contribution < 1.29 is 5.11 Å². The molecule has 0 saturated heterocycles. The van der Waals surface area contributed by atoms with Gasteiger partial charge < -0.3 is 10.4 Å². The number of aliphatic hydroxyl groups is 1. The zero-order valence-electron chi connectivity index (χ0n) is 8.11. The lowest BCUT2D eigenvalue weighted by atomic mass is 9.77. The van der Waals surface area contributed by atoms with E-state index in [0.717, 1.165) is 18.5 Å². The van der Waals surface area contributed by atoms with E-state index in [1.54, 1.807) is 12.5 Å². The molecule has 0 atom stereocenters. The molecule has 1 aromatic rings. The first-order valence-electron chi connectivity index (χ1n) is 4.95. The maximum atomic E-state index is 9.22. The van der Waals surface area contributed by atoms with Crippen LogP contribution in [0, 0.1) is 0 Å². The summed E-state index contributed by atoms with van der Waals surface area (Å²) < 4.78 is 0. The predicted molar refractivity (Wildman–Crippen MR) is 52.5 cm³/mol.